The lowest BCUT2D eigenvalue weighted by molar-refractivity contribution is -0.145. The van der Waals surface area contributed by atoms with Crippen LogP contribution in [0.1, 0.15) is 129 Å². The molecule has 0 saturated carbocycles. The van der Waals surface area contributed by atoms with E-state index in [2.05, 4.69) is 18.4 Å². The summed E-state index contributed by atoms with van der Waals surface area (Å²) < 4.78 is 10.4. The average Bonchev–Trinajstić information content (AvgIpc) is 2.84. The summed E-state index contributed by atoms with van der Waals surface area (Å²) in [4.78, 5) is 25.7. The Morgan fingerprint density at radius 1 is 0.647 bits per heavy atom. The second-order valence-corrected chi connectivity index (χ2v) is 9.99. The first-order valence-corrected chi connectivity index (χ1v) is 14.4. The molecule has 1 rings (SSSR count). The summed E-state index contributed by atoms with van der Waals surface area (Å²) in [7, 11) is 0. The van der Waals surface area contributed by atoms with Crippen LogP contribution >= 0.6 is 0 Å². The van der Waals surface area contributed by atoms with Crippen LogP contribution in [-0.4, -0.2) is 49.7 Å². The highest BCUT2D eigenvalue weighted by Crippen LogP contribution is 2.14. The molecule has 0 radical (unpaired) electrons. The minimum atomic E-state index is -0.494. The summed E-state index contributed by atoms with van der Waals surface area (Å²) in [5.41, 5.74) is 0.168. The van der Waals surface area contributed by atoms with Crippen molar-refractivity contribution in [1.82, 2.24) is 4.90 Å². The number of carbonyl (C=O) groups excluding carboxylic acids is 2. The monoisotopic (exact) mass is 479 g/mol. The Morgan fingerprint density at radius 2 is 1.06 bits per heavy atom. The van der Waals surface area contributed by atoms with Gasteiger partial charge in [-0.1, -0.05) is 123 Å². The van der Waals surface area contributed by atoms with Crippen LogP contribution in [0.2, 0.25) is 0 Å². The van der Waals surface area contributed by atoms with Gasteiger partial charge >= 0.3 is 11.9 Å². The van der Waals surface area contributed by atoms with Crippen LogP contribution in [-0.2, 0) is 19.1 Å². The Labute approximate surface area is 210 Å². The van der Waals surface area contributed by atoms with Gasteiger partial charge in [0.15, 0.2) is 0 Å². The highest BCUT2D eigenvalue weighted by Gasteiger charge is 2.17. The average molecular weight is 480 g/mol. The van der Waals surface area contributed by atoms with Crippen LogP contribution < -0.4 is 0 Å². The fraction of sp³-hybridized carbons (Fsp3) is 0.862. The number of hydrogen-bond donors (Lipinski definition) is 0. The Bertz CT molecular complexity index is 534. The molecule has 0 bridgehead atoms. The van der Waals surface area contributed by atoms with Crippen molar-refractivity contribution in [3.05, 3.63) is 12.2 Å². The lowest BCUT2D eigenvalue weighted by Gasteiger charge is -2.21. The van der Waals surface area contributed by atoms with Gasteiger partial charge in [0.2, 0.25) is 0 Å². The van der Waals surface area contributed by atoms with E-state index in [1.165, 1.54) is 109 Å². The first kappa shape index (κ1) is 30.7. The predicted octanol–water partition coefficient (Wildman–Crippen LogP) is 7.38. The van der Waals surface area contributed by atoms with Crippen LogP contribution in [0.4, 0.5) is 0 Å². The summed E-state index contributed by atoms with van der Waals surface area (Å²) in [6.45, 7) is 8.91. The molecule has 5 heteroatoms. The van der Waals surface area contributed by atoms with Crippen molar-refractivity contribution >= 4 is 11.9 Å². The zero-order valence-corrected chi connectivity index (χ0v) is 22.3. The molecule has 0 aromatic heterocycles. The van der Waals surface area contributed by atoms with Crippen molar-refractivity contribution in [1.29, 1.82) is 0 Å². The minimum Gasteiger partial charge on any atom is -0.464 e. The van der Waals surface area contributed by atoms with Crippen molar-refractivity contribution in [2.75, 3.05) is 32.8 Å². The quantitative estimate of drug-likeness (QED) is 0.110. The fourth-order valence-electron chi connectivity index (χ4n) is 4.53. The van der Waals surface area contributed by atoms with E-state index in [0.29, 0.717) is 26.3 Å². The zero-order valence-electron chi connectivity index (χ0n) is 22.3. The second kappa shape index (κ2) is 22.1. The van der Waals surface area contributed by atoms with E-state index < -0.39 is 11.9 Å². The fourth-order valence-corrected chi connectivity index (χ4v) is 4.53. The molecule has 1 aliphatic heterocycles. The Hall–Kier alpha value is -1.36. The molecule has 5 nitrogen and oxygen atoms in total. The Kier molecular flexibility index (Phi) is 20.0. The number of esters is 2. The van der Waals surface area contributed by atoms with Gasteiger partial charge in [-0.25, -0.2) is 4.79 Å². The molecule has 34 heavy (non-hydrogen) atoms. The number of unbranched alkanes of at least 4 members (excludes halogenated alkanes) is 17. The summed E-state index contributed by atoms with van der Waals surface area (Å²) in [5.74, 6) is -0.899. The lowest BCUT2D eigenvalue weighted by atomic mass is 10.0. The smallest absolute Gasteiger partial charge is 0.334 e. The number of hydrogen-bond acceptors (Lipinski definition) is 5. The van der Waals surface area contributed by atoms with Gasteiger partial charge in [0.1, 0.15) is 13.2 Å². The van der Waals surface area contributed by atoms with Gasteiger partial charge in [0, 0.05) is 18.7 Å². The van der Waals surface area contributed by atoms with Crippen molar-refractivity contribution < 1.29 is 19.1 Å². The molecule has 1 heterocycles. The molecule has 1 fully saturated rings. The zero-order chi connectivity index (χ0) is 24.7. The van der Waals surface area contributed by atoms with Crippen LogP contribution in [0, 0.1) is 0 Å². The Morgan fingerprint density at radius 3 is 1.53 bits per heavy atom. The minimum absolute atomic E-state index is 0.0852. The topological polar surface area (TPSA) is 55.8 Å². The molecule has 198 valence electrons. The third-order valence-electron chi connectivity index (χ3n) is 6.79. The van der Waals surface area contributed by atoms with Crippen molar-refractivity contribution in [3.63, 3.8) is 0 Å². The number of ether oxygens (including phenoxy) is 2. The number of rotatable bonds is 19. The molecular formula is C29H53NO4. The van der Waals surface area contributed by atoms with E-state index in [1.807, 2.05) is 0 Å². The largest absolute Gasteiger partial charge is 0.464 e. The van der Waals surface area contributed by atoms with Gasteiger partial charge in [-0.15, -0.1) is 0 Å². The van der Waals surface area contributed by atoms with Gasteiger partial charge in [-0.05, 0) is 13.0 Å². The van der Waals surface area contributed by atoms with Crippen molar-refractivity contribution in [3.8, 4) is 0 Å². The molecule has 0 atom stereocenters. The second-order valence-electron chi connectivity index (χ2n) is 9.99. The summed E-state index contributed by atoms with van der Waals surface area (Å²) in [5, 5.41) is 0. The standard InChI is InChI=1S/C29H53NO4/c1-3-4-5-6-7-8-9-10-11-12-13-14-15-16-17-18-19-20-21-30-22-24-33-28(31)26-27(2)29(32)34-25-23-30/h2-26H2,1H3. The van der Waals surface area contributed by atoms with Gasteiger partial charge in [0.25, 0.3) is 0 Å². The number of nitrogens with zero attached hydrogens (tertiary/aromatic N) is 1. The Balaban J connectivity index is 1.90. The van der Waals surface area contributed by atoms with Crippen molar-refractivity contribution in [2.24, 2.45) is 0 Å². The summed E-state index contributed by atoms with van der Waals surface area (Å²) in [6.07, 6.45) is 24.7. The maximum absolute atomic E-state index is 11.8. The van der Waals surface area contributed by atoms with Crippen molar-refractivity contribution in [2.45, 2.75) is 129 Å². The highest BCUT2D eigenvalue weighted by atomic mass is 16.5. The van der Waals surface area contributed by atoms with E-state index in [4.69, 9.17) is 9.47 Å². The van der Waals surface area contributed by atoms with Gasteiger partial charge in [-0.3, -0.25) is 9.69 Å². The molecule has 0 N–H and O–H groups in total. The third kappa shape index (κ3) is 18.0. The van der Waals surface area contributed by atoms with Gasteiger partial charge < -0.3 is 9.47 Å². The molecule has 0 aromatic carbocycles. The summed E-state index contributed by atoms with van der Waals surface area (Å²) >= 11 is 0. The van der Waals surface area contributed by atoms with Crippen LogP contribution in [0.15, 0.2) is 12.2 Å². The SMILES string of the molecule is C=C1CC(=O)OCCN(CCCCCCCCCCCCCCCCCCCC)CCOC1=O. The van der Waals surface area contributed by atoms with E-state index in [9.17, 15) is 9.59 Å². The van der Waals surface area contributed by atoms with Gasteiger partial charge in [0.05, 0.1) is 6.42 Å². The maximum Gasteiger partial charge on any atom is 0.334 e. The van der Waals surface area contributed by atoms with Crippen LogP contribution in [0.25, 0.3) is 0 Å². The van der Waals surface area contributed by atoms with Crippen LogP contribution in [0.3, 0.4) is 0 Å². The van der Waals surface area contributed by atoms with E-state index in [0.717, 1.165) is 13.0 Å². The number of cyclic esters (lactones) is 2. The third-order valence-corrected chi connectivity index (χ3v) is 6.79. The summed E-state index contributed by atoms with van der Waals surface area (Å²) in [6, 6.07) is 0. The lowest BCUT2D eigenvalue weighted by Crippen LogP contribution is -2.32. The first-order valence-electron chi connectivity index (χ1n) is 14.4. The van der Waals surface area contributed by atoms with E-state index in [1.54, 1.807) is 0 Å². The molecule has 0 spiro atoms. The normalized spacial score (nSPS) is 16.2. The number of carbonyl (C=O) groups is 2. The molecule has 0 amide bonds. The van der Waals surface area contributed by atoms with Crippen LogP contribution in [0.5, 0.6) is 0 Å². The molecule has 0 aromatic rings. The first-order chi connectivity index (χ1) is 16.6. The maximum atomic E-state index is 11.8. The molecule has 1 saturated heterocycles. The molecular weight excluding hydrogens is 426 g/mol. The van der Waals surface area contributed by atoms with E-state index >= 15 is 0 Å². The predicted molar refractivity (Wildman–Crippen MR) is 141 cm³/mol. The molecule has 0 aliphatic carbocycles. The molecule has 0 unspecified atom stereocenters. The van der Waals surface area contributed by atoms with E-state index in [-0.39, 0.29) is 12.0 Å². The molecule has 1 aliphatic rings. The highest BCUT2D eigenvalue weighted by molar-refractivity contribution is 5.93. The van der Waals surface area contributed by atoms with Gasteiger partial charge in [-0.2, -0.15) is 0 Å².